The monoisotopic (exact) mass is 344 g/mol. The van der Waals surface area contributed by atoms with Gasteiger partial charge in [-0.2, -0.15) is 0 Å². The fourth-order valence-electron chi connectivity index (χ4n) is 2.16. The van der Waals surface area contributed by atoms with Crippen molar-refractivity contribution in [2.24, 2.45) is 0 Å². The molecule has 2 rings (SSSR count). The molecule has 1 aromatic carbocycles. The molecule has 1 heterocycles. The van der Waals surface area contributed by atoms with Crippen molar-refractivity contribution >= 4 is 17.6 Å². The standard InChI is InChI=1S/C16H16N4O5/c1-17-16(22)19(10-11-4-3-7-18-9-11)15(21)13-6-5-12(25-2)8-14(13)20(23)24/h3-9H,10H2,1-2H3,(H,17,22). The SMILES string of the molecule is CNC(=O)N(Cc1cccnc1)C(=O)c1ccc(OC)cc1[N+](=O)[O-]. The molecule has 0 aliphatic carbocycles. The number of methoxy groups -OCH3 is 1. The Kier molecular flexibility index (Phi) is 5.62. The zero-order valence-corrected chi connectivity index (χ0v) is 13.6. The Bertz CT molecular complexity index is 794. The fourth-order valence-corrected chi connectivity index (χ4v) is 2.16. The quantitative estimate of drug-likeness (QED) is 0.655. The van der Waals surface area contributed by atoms with Crippen LogP contribution in [0.15, 0.2) is 42.7 Å². The van der Waals surface area contributed by atoms with E-state index < -0.39 is 22.5 Å². The average molecular weight is 344 g/mol. The number of carbonyl (C=O) groups is 2. The van der Waals surface area contributed by atoms with Crippen molar-refractivity contribution in [3.8, 4) is 5.75 Å². The number of nitro benzene ring substituents is 1. The molecule has 9 heteroatoms. The topological polar surface area (TPSA) is 115 Å². The molecule has 3 amide bonds. The predicted molar refractivity (Wildman–Crippen MR) is 88.2 cm³/mol. The van der Waals surface area contributed by atoms with Gasteiger partial charge < -0.3 is 10.1 Å². The van der Waals surface area contributed by atoms with E-state index in [-0.39, 0.29) is 17.9 Å². The number of hydrogen-bond donors (Lipinski definition) is 1. The summed E-state index contributed by atoms with van der Waals surface area (Å²) in [6.07, 6.45) is 3.07. The zero-order valence-electron chi connectivity index (χ0n) is 13.6. The first-order valence-corrected chi connectivity index (χ1v) is 7.22. The van der Waals surface area contributed by atoms with Gasteiger partial charge in [-0.15, -0.1) is 0 Å². The summed E-state index contributed by atoms with van der Waals surface area (Å²) in [6, 6.07) is 6.50. The highest BCUT2D eigenvalue weighted by Crippen LogP contribution is 2.26. The Morgan fingerprint density at radius 3 is 2.68 bits per heavy atom. The molecule has 2 aromatic rings. The van der Waals surface area contributed by atoms with Gasteiger partial charge in [0.1, 0.15) is 11.3 Å². The molecular formula is C16H16N4O5. The number of ether oxygens (including phenoxy) is 1. The lowest BCUT2D eigenvalue weighted by Gasteiger charge is -2.20. The molecule has 0 saturated heterocycles. The normalized spacial score (nSPS) is 10.0. The van der Waals surface area contributed by atoms with Crippen LogP contribution in [0.25, 0.3) is 0 Å². The average Bonchev–Trinajstić information content (AvgIpc) is 2.65. The van der Waals surface area contributed by atoms with E-state index in [0.29, 0.717) is 5.56 Å². The first kappa shape index (κ1) is 17.9. The van der Waals surface area contributed by atoms with Gasteiger partial charge in [-0.1, -0.05) is 6.07 Å². The second-order valence-corrected chi connectivity index (χ2v) is 4.95. The van der Waals surface area contributed by atoms with Crippen LogP contribution in [-0.2, 0) is 6.54 Å². The number of nitrogens with zero attached hydrogens (tertiary/aromatic N) is 3. The first-order chi connectivity index (χ1) is 12.0. The lowest BCUT2D eigenvalue weighted by molar-refractivity contribution is -0.385. The number of nitro groups is 1. The van der Waals surface area contributed by atoms with Crippen molar-refractivity contribution in [1.82, 2.24) is 15.2 Å². The third kappa shape index (κ3) is 4.08. The molecule has 0 unspecified atom stereocenters. The van der Waals surface area contributed by atoms with Gasteiger partial charge in [-0.3, -0.25) is 24.8 Å². The molecule has 9 nitrogen and oxygen atoms in total. The Hall–Kier alpha value is -3.49. The Morgan fingerprint density at radius 2 is 2.12 bits per heavy atom. The zero-order chi connectivity index (χ0) is 18.4. The van der Waals surface area contributed by atoms with Gasteiger partial charge in [-0.25, -0.2) is 4.79 Å². The van der Waals surface area contributed by atoms with E-state index in [1.54, 1.807) is 18.3 Å². The number of nitrogens with one attached hydrogen (secondary N) is 1. The van der Waals surface area contributed by atoms with Gasteiger partial charge >= 0.3 is 6.03 Å². The number of urea groups is 1. The van der Waals surface area contributed by atoms with Crippen LogP contribution < -0.4 is 10.1 Å². The number of benzene rings is 1. The number of hydrogen-bond acceptors (Lipinski definition) is 6. The minimum absolute atomic E-state index is 0.0739. The van der Waals surface area contributed by atoms with Crippen molar-refractivity contribution in [3.63, 3.8) is 0 Å². The largest absolute Gasteiger partial charge is 0.497 e. The summed E-state index contributed by atoms with van der Waals surface area (Å²) < 4.78 is 4.95. The number of rotatable bonds is 5. The van der Waals surface area contributed by atoms with E-state index in [1.807, 2.05) is 0 Å². The van der Waals surface area contributed by atoms with E-state index in [0.717, 1.165) is 11.0 Å². The van der Waals surface area contributed by atoms with E-state index in [1.165, 1.54) is 32.5 Å². The molecule has 0 bridgehead atoms. The third-order valence-electron chi connectivity index (χ3n) is 3.40. The van der Waals surface area contributed by atoms with E-state index in [2.05, 4.69) is 10.3 Å². The molecule has 25 heavy (non-hydrogen) atoms. The molecule has 0 fully saturated rings. The van der Waals surface area contributed by atoms with Gasteiger partial charge in [0.25, 0.3) is 11.6 Å². The van der Waals surface area contributed by atoms with Crippen LogP contribution in [0, 0.1) is 10.1 Å². The summed E-state index contributed by atoms with van der Waals surface area (Å²) in [4.78, 5) is 40.3. The second-order valence-electron chi connectivity index (χ2n) is 4.95. The predicted octanol–water partition coefficient (Wildman–Crippen LogP) is 1.98. The fraction of sp³-hybridized carbons (Fsp3) is 0.188. The van der Waals surface area contributed by atoms with Gasteiger partial charge in [0.2, 0.25) is 0 Å². The van der Waals surface area contributed by atoms with Crippen LogP contribution >= 0.6 is 0 Å². The highest BCUT2D eigenvalue weighted by molar-refractivity contribution is 6.06. The lowest BCUT2D eigenvalue weighted by Crippen LogP contribution is -2.42. The maximum absolute atomic E-state index is 12.8. The highest BCUT2D eigenvalue weighted by Gasteiger charge is 2.29. The maximum Gasteiger partial charge on any atom is 0.324 e. The van der Waals surface area contributed by atoms with Gasteiger partial charge in [-0.05, 0) is 23.8 Å². The van der Waals surface area contributed by atoms with Crippen LogP contribution in [0.5, 0.6) is 5.75 Å². The summed E-state index contributed by atoms with van der Waals surface area (Å²) in [5.41, 5.74) is -0.0432. The number of amides is 3. The van der Waals surface area contributed by atoms with Gasteiger partial charge in [0, 0.05) is 19.4 Å². The lowest BCUT2D eigenvalue weighted by atomic mass is 10.1. The third-order valence-corrected chi connectivity index (χ3v) is 3.40. The summed E-state index contributed by atoms with van der Waals surface area (Å²) in [5.74, 6) is -0.556. The molecule has 0 aliphatic rings. The van der Waals surface area contributed by atoms with E-state index in [4.69, 9.17) is 4.74 Å². The molecule has 1 aromatic heterocycles. The van der Waals surface area contributed by atoms with Crippen molar-refractivity contribution in [2.75, 3.05) is 14.2 Å². The number of imide groups is 1. The van der Waals surface area contributed by atoms with Gasteiger partial charge in [0.15, 0.2) is 0 Å². The van der Waals surface area contributed by atoms with Crippen molar-refractivity contribution in [3.05, 3.63) is 64.0 Å². The van der Waals surface area contributed by atoms with Crippen LogP contribution in [-0.4, -0.2) is 40.9 Å². The summed E-state index contributed by atoms with van der Waals surface area (Å²) >= 11 is 0. The number of carbonyl (C=O) groups excluding carboxylic acids is 2. The van der Waals surface area contributed by atoms with Crippen molar-refractivity contribution in [2.45, 2.75) is 6.54 Å². The Balaban J connectivity index is 2.43. The summed E-state index contributed by atoms with van der Waals surface area (Å²) in [5, 5.41) is 13.6. The van der Waals surface area contributed by atoms with Crippen LogP contribution in [0.2, 0.25) is 0 Å². The Morgan fingerprint density at radius 1 is 1.36 bits per heavy atom. The first-order valence-electron chi connectivity index (χ1n) is 7.22. The van der Waals surface area contributed by atoms with Crippen LogP contribution in [0.4, 0.5) is 10.5 Å². The van der Waals surface area contributed by atoms with E-state index in [9.17, 15) is 19.7 Å². The van der Waals surface area contributed by atoms with Crippen molar-refractivity contribution in [1.29, 1.82) is 0 Å². The smallest absolute Gasteiger partial charge is 0.324 e. The molecule has 0 saturated carbocycles. The minimum Gasteiger partial charge on any atom is -0.497 e. The van der Waals surface area contributed by atoms with Crippen molar-refractivity contribution < 1.29 is 19.2 Å². The van der Waals surface area contributed by atoms with Crippen LogP contribution in [0.3, 0.4) is 0 Å². The minimum atomic E-state index is -0.794. The molecular weight excluding hydrogens is 328 g/mol. The molecule has 0 radical (unpaired) electrons. The van der Waals surface area contributed by atoms with E-state index >= 15 is 0 Å². The van der Waals surface area contributed by atoms with Gasteiger partial charge in [0.05, 0.1) is 24.6 Å². The summed E-state index contributed by atoms with van der Waals surface area (Å²) in [7, 11) is 2.73. The molecule has 0 spiro atoms. The second kappa shape index (κ2) is 7.86. The maximum atomic E-state index is 12.8. The number of aromatic nitrogens is 1. The molecule has 0 atom stereocenters. The molecule has 0 aliphatic heterocycles. The summed E-state index contributed by atoms with van der Waals surface area (Å²) in [6.45, 7) is -0.0739. The highest BCUT2D eigenvalue weighted by atomic mass is 16.6. The van der Waals surface area contributed by atoms with Crippen LogP contribution in [0.1, 0.15) is 15.9 Å². The number of pyridine rings is 1. The molecule has 130 valence electrons. The Labute approximate surface area is 143 Å². The molecule has 1 N–H and O–H groups in total.